The van der Waals surface area contributed by atoms with Gasteiger partial charge in [-0.1, -0.05) is 0 Å². The number of ether oxygens (including phenoxy) is 1. The Bertz CT molecular complexity index is 477. The highest BCUT2D eigenvalue weighted by molar-refractivity contribution is 5.88. The smallest absolute Gasteiger partial charge is 0.336 e. The van der Waals surface area contributed by atoms with Crippen LogP contribution in [0.5, 0.6) is 0 Å². The Kier molecular flexibility index (Phi) is 8.43. The maximum Gasteiger partial charge on any atom is 0.336 e. The molecule has 0 heterocycles. The van der Waals surface area contributed by atoms with E-state index in [1.54, 1.807) is 0 Å². The van der Waals surface area contributed by atoms with Gasteiger partial charge in [0.15, 0.2) is 18.0 Å². The molecule has 1 unspecified atom stereocenters. The average molecular weight is 354 g/mol. The third kappa shape index (κ3) is 6.17. The number of carboxylic acids is 2. The van der Waals surface area contributed by atoms with Crippen molar-refractivity contribution in [2.24, 2.45) is 0 Å². The quantitative estimate of drug-likeness (QED) is 0.139. The van der Waals surface area contributed by atoms with Gasteiger partial charge in [0, 0.05) is 0 Å². The molecule has 24 heavy (non-hydrogen) atoms. The van der Waals surface area contributed by atoms with Gasteiger partial charge in [-0.15, -0.1) is 0 Å². The first-order valence-electron chi connectivity index (χ1n) is 6.46. The van der Waals surface area contributed by atoms with Crippen LogP contribution >= 0.6 is 0 Å². The van der Waals surface area contributed by atoms with Crippen LogP contribution in [0.4, 0.5) is 0 Å². The zero-order valence-electron chi connectivity index (χ0n) is 12.2. The molecule has 12 nitrogen and oxygen atoms in total. The van der Waals surface area contributed by atoms with Gasteiger partial charge >= 0.3 is 17.9 Å². The lowest BCUT2D eigenvalue weighted by Crippen LogP contribution is -2.49. The molecule has 0 aliphatic carbocycles. The SMILES string of the molecule is O=C[C@H](OC(=O)CC(O)(CC(=O)O)C(=O)O)[C@@H](O)[C@H](O)[C@H](O)CO. The van der Waals surface area contributed by atoms with Gasteiger partial charge in [-0.2, -0.15) is 0 Å². The van der Waals surface area contributed by atoms with E-state index in [9.17, 15) is 34.5 Å². The van der Waals surface area contributed by atoms with Gasteiger partial charge < -0.3 is 40.5 Å². The minimum Gasteiger partial charge on any atom is -0.481 e. The van der Waals surface area contributed by atoms with Crippen molar-refractivity contribution in [2.45, 2.75) is 42.9 Å². The molecule has 0 radical (unpaired) electrons. The molecule has 138 valence electrons. The molecular weight excluding hydrogens is 336 g/mol. The predicted octanol–water partition coefficient (Wildman–Crippen LogP) is -4.15. The van der Waals surface area contributed by atoms with Crippen molar-refractivity contribution in [3.05, 3.63) is 0 Å². The molecule has 0 aromatic heterocycles. The molecule has 0 aliphatic heterocycles. The molecule has 0 bridgehead atoms. The summed E-state index contributed by atoms with van der Waals surface area (Å²) >= 11 is 0. The minimum atomic E-state index is -3.01. The van der Waals surface area contributed by atoms with Gasteiger partial charge in [0.25, 0.3) is 0 Å². The molecule has 0 saturated heterocycles. The highest BCUT2D eigenvalue weighted by Gasteiger charge is 2.42. The van der Waals surface area contributed by atoms with Crippen molar-refractivity contribution in [3.63, 3.8) is 0 Å². The van der Waals surface area contributed by atoms with Crippen molar-refractivity contribution in [3.8, 4) is 0 Å². The fourth-order valence-electron chi connectivity index (χ4n) is 1.60. The fraction of sp³-hybridized carbons (Fsp3) is 0.667. The molecule has 0 aromatic carbocycles. The number of aliphatic hydroxyl groups excluding tert-OH is 4. The van der Waals surface area contributed by atoms with Gasteiger partial charge in [-0.25, -0.2) is 4.79 Å². The third-order valence-corrected chi connectivity index (χ3v) is 2.95. The second-order valence-corrected chi connectivity index (χ2v) is 4.91. The highest BCUT2D eigenvalue weighted by atomic mass is 16.6. The number of hydrogen-bond acceptors (Lipinski definition) is 10. The van der Waals surface area contributed by atoms with Gasteiger partial charge in [0.2, 0.25) is 0 Å². The van der Waals surface area contributed by atoms with E-state index >= 15 is 0 Å². The van der Waals surface area contributed by atoms with Crippen LogP contribution in [0.25, 0.3) is 0 Å². The summed E-state index contributed by atoms with van der Waals surface area (Å²) in [6, 6.07) is 0. The Morgan fingerprint density at radius 1 is 1.04 bits per heavy atom. The molecule has 12 heteroatoms. The summed E-state index contributed by atoms with van der Waals surface area (Å²) in [6.07, 6.45) is -11.0. The number of aliphatic carboxylic acids is 2. The van der Waals surface area contributed by atoms with E-state index < -0.39 is 67.4 Å². The van der Waals surface area contributed by atoms with E-state index in [-0.39, 0.29) is 6.29 Å². The van der Waals surface area contributed by atoms with Gasteiger partial charge in [-0.3, -0.25) is 14.4 Å². The van der Waals surface area contributed by atoms with Gasteiger partial charge in [0.1, 0.15) is 18.3 Å². The molecule has 0 spiro atoms. The van der Waals surface area contributed by atoms with Crippen molar-refractivity contribution in [1.82, 2.24) is 0 Å². The minimum absolute atomic E-state index is 0.146. The first kappa shape index (κ1) is 21.9. The molecule has 0 aliphatic rings. The molecule has 0 saturated carbocycles. The number of aliphatic hydroxyl groups is 5. The Labute approximate surface area is 134 Å². The highest BCUT2D eigenvalue weighted by Crippen LogP contribution is 2.18. The van der Waals surface area contributed by atoms with E-state index in [0.29, 0.717) is 0 Å². The number of carbonyl (C=O) groups is 4. The Morgan fingerprint density at radius 3 is 1.96 bits per heavy atom. The summed E-state index contributed by atoms with van der Waals surface area (Å²) < 4.78 is 4.38. The van der Waals surface area contributed by atoms with Gasteiger partial charge in [0.05, 0.1) is 19.4 Å². The van der Waals surface area contributed by atoms with Crippen molar-refractivity contribution in [1.29, 1.82) is 0 Å². The van der Waals surface area contributed by atoms with Crippen molar-refractivity contribution < 1.29 is 59.7 Å². The van der Waals surface area contributed by atoms with Crippen LogP contribution in [0.15, 0.2) is 0 Å². The summed E-state index contributed by atoms with van der Waals surface area (Å²) in [5.41, 5.74) is -3.01. The maximum atomic E-state index is 11.6. The number of rotatable bonds is 11. The van der Waals surface area contributed by atoms with Crippen LogP contribution in [0.1, 0.15) is 12.8 Å². The van der Waals surface area contributed by atoms with Crippen LogP contribution < -0.4 is 0 Å². The fourth-order valence-corrected chi connectivity index (χ4v) is 1.60. The summed E-state index contributed by atoms with van der Waals surface area (Å²) in [5.74, 6) is -5.30. The summed E-state index contributed by atoms with van der Waals surface area (Å²) in [6.45, 7) is -0.977. The van der Waals surface area contributed by atoms with Crippen LogP contribution in [-0.4, -0.2) is 96.6 Å². The second kappa shape index (κ2) is 9.24. The molecule has 5 atom stereocenters. The summed E-state index contributed by atoms with van der Waals surface area (Å²) in [5, 5.41) is 63.7. The zero-order chi connectivity index (χ0) is 19.1. The van der Waals surface area contributed by atoms with Crippen LogP contribution in [-0.2, 0) is 23.9 Å². The third-order valence-electron chi connectivity index (χ3n) is 2.95. The molecule has 0 aromatic rings. The maximum absolute atomic E-state index is 11.6. The number of carboxylic acid groups (broad SMARTS) is 2. The molecular formula is C12H18O12. The number of esters is 1. The Hall–Kier alpha value is -2.12. The molecule has 0 rings (SSSR count). The normalized spacial score (nSPS) is 18.5. The molecule has 7 N–H and O–H groups in total. The second-order valence-electron chi connectivity index (χ2n) is 4.91. The van der Waals surface area contributed by atoms with Crippen LogP contribution in [0.2, 0.25) is 0 Å². The lowest BCUT2D eigenvalue weighted by atomic mass is 9.96. The number of hydrogen-bond donors (Lipinski definition) is 7. The van der Waals surface area contributed by atoms with E-state index in [0.717, 1.165) is 0 Å². The predicted molar refractivity (Wildman–Crippen MR) is 70.5 cm³/mol. The zero-order valence-corrected chi connectivity index (χ0v) is 12.2. The number of aldehydes is 1. The van der Waals surface area contributed by atoms with E-state index in [1.807, 2.05) is 0 Å². The summed E-state index contributed by atoms with van der Waals surface area (Å²) in [7, 11) is 0. The summed E-state index contributed by atoms with van der Waals surface area (Å²) in [4.78, 5) is 43.8. The first-order chi connectivity index (χ1) is 11.0. The topological polar surface area (TPSA) is 219 Å². The van der Waals surface area contributed by atoms with E-state index in [1.165, 1.54) is 0 Å². The Morgan fingerprint density at radius 2 is 1.58 bits per heavy atom. The van der Waals surface area contributed by atoms with Crippen LogP contribution in [0, 0.1) is 0 Å². The first-order valence-corrected chi connectivity index (χ1v) is 6.46. The standard InChI is InChI=1S/C12H18O12/c13-3-5(15)9(19)10(20)6(4-14)24-8(18)2-12(23,11(21)22)1-7(16)17/h4-6,9-10,13,15,19-20,23H,1-3H2,(H,16,17)(H,21,22)/t5-,6+,9-,10-,12?/m1/s1. The van der Waals surface area contributed by atoms with Crippen LogP contribution in [0.3, 0.4) is 0 Å². The van der Waals surface area contributed by atoms with E-state index in [2.05, 4.69) is 4.74 Å². The average Bonchev–Trinajstić information content (AvgIpc) is 2.49. The lowest BCUT2D eigenvalue weighted by molar-refractivity contribution is -0.179. The van der Waals surface area contributed by atoms with E-state index in [4.69, 9.17) is 20.4 Å². The number of carbonyl (C=O) groups excluding carboxylic acids is 2. The van der Waals surface area contributed by atoms with Crippen molar-refractivity contribution in [2.75, 3.05) is 6.61 Å². The lowest BCUT2D eigenvalue weighted by Gasteiger charge is -2.26. The largest absolute Gasteiger partial charge is 0.481 e. The van der Waals surface area contributed by atoms with Crippen molar-refractivity contribution >= 4 is 24.2 Å². The monoisotopic (exact) mass is 354 g/mol. The molecule has 0 amide bonds. The molecule has 0 fully saturated rings. The Balaban J connectivity index is 5.01. The van der Waals surface area contributed by atoms with Gasteiger partial charge in [-0.05, 0) is 0 Å².